The number of amides is 2. The molecule has 2 aromatic heterocycles. The molecule has 1 aliphatic rings. The van der Waals surface area contributed by atoms with Crippen LogP contribution in [0.25, 0.3) is 0 Å². The Bertz CT molecular complexity index is 1040. The second-order valence-electron chi connectivity index (χ2n) is 6.63. The van der Waals surface area contributed by atoms with Gasteiger partial charge in [-0.05, 0) is 50.1 Å². The second kappa shape index (κ2) is 8.61. The molecule has 3 aromatic rings. The van der Waals surface area contributed by atoms with Crippen molar-refractivity contribution in [2.24, 2.45) is 0 Å². The van der Waals surface area contributed by atoms with Crippen LogP contribution in [0.4, 0.5) is 5.69 Å². The number of benzene rings is 1. The zero-order valence-electron chi connectivity index (χ0n) is 15.6. The van der Waals surface area contributed by atoms with Gasteiger partial charge in [-0.25, -0.2) is 4.98 Å². The Morgan fingerprint density at radius 2 is 2.24 bits per heavy atom. The van der Waals surface area contributed by atoms with E-state index in [1.807, 2.05) is 18.4 Å². The molecule has 0 unspecified atom stereocenters. The van der Waals surface area contributed by atoms with E-state index in [4.69, 9.17) is 16.0 Å². The molecule has 1 saturated heterocycles. The van der Waals surface area contributed by atoms with E-state index in [0.717, 1.165) is 21.3 Å². The number of hydrogen-bond acceptors (Lipinski definition) is 6. The van der Waals surface area contributed by atoms with E-state index in [0.29, 0.717) is 23.7 Å². The predicted octanol–water partition coefficient (Wildman–Crippen LogP) is 5.09. The number of carbonyl (C=O) groups excluding carboxylic acids is 2. The van der Waals surface area contributed by atoms with E-state index in [1.165, 1.54) is 18.0 Å². The van der Waals surface area contributed by atoms with Gasteiger partial charge in [-0.2, -0.15) is 0 Å². The van der Waals surface area contributed by atoms with Gasteiger partial charge in [-0.3, -0.25) is 9.59 Å². The molecular weight excluding hydrogens is 430 g/mol. The van der Waals surface area contributed by atoms with E-state index in [2.05, 4.69) is 10.3 Å². The number of rotatable bonds is 5. The molecule has 9 heteroatoms. The van der Waals surface area contributed by atoms with Crippen molar-refractivity contribution in [1.29, 1.82) is 0 Å². The van der Waals surface area contributed by atoms with Gasteiger partial charge < -0.3 is 14.6 Å². The summed E-state index contributed by atoms with van der Waals surface area (Å²) in [6, 6.07) is 8.12. The van der Waals surface area contributed by atoms with Crippen LogP contribution in [0.15, 0.2) is 55.6 Å². The Morgan fingerprint density at radius 1 is 1.38 bits per heavy atom. The summed E-state index contributed by atoms with van der Waals surface area (Å²) in [6.07, 6.45) is 2.84. The lowest BCUT2D eigenvalue weighted by Gasteiger charge is -2.23. The second-order valence-corrected chi connectivity index (χ2v) is 9.18. The number of aryl methyl sites for hydroxylation is 1. The van der Waals surface area contributed by atoms with Crippen LogP contribution in [-0.4, -0.2) is 34.3 Å². The number of halogens is 1. The summed E-state index contributed by atoms with van der Waals surface area (Å²) in [4.78, 5) is 32.2. The van der Waals surface area contributed by atoms with Crippen molar-refractivity contribution >= 4 is 52.2 Å². The molecule has 0 radical (unpaired) electrons. The van der Waals surface area contributed by atoms with Crippen molar-refractivity contribution in [2.45, 2.75) is 35.0 Å². The molecule has 4 rings (SSSR count). The van der Waals surface area contributed by atoms with Crippen molar-refractivity contribution in [1.82, 2.24) is 9.88 Å². The quantitative estimate of drug-likeness (QED) is 0.589. The average Bonchev–Trinajstić information content (AvgIpc) is 3.45. The van der Waals surface area contributed by atoms with Crippen LogP contribution in [0.3, 0.4) is 0 Å². The van der Waals surface area contributed by atoms with Gasteiger partial charge in [0.05, 0.1) is 11.3 Å². The van der Waals surface area contributed by atoms with E-state index < -0.39 is 6.04 Å². The zero-order chi connectivity index (χ0) is 20.4. The monoisotopic (exact) mass is 447 g/mol. The molecule has 29 heavy (non-hydrogen) atoms. The Morgan fingerprint density at radius 3 is 2.93 bits per heavy atom. The van der Waals surface area contributed by atoms with Gasteiger partial charge in [-0.15, -0.1) is 11.3 Å². The fraction of sp³-hybridized carbons (Fsp3) is 0.250. The normalized spacial score (nSPS) is 16.2. The third kappa shape index (κ3) is 4.49. The number of likely N-dealkylation sites (tertiary alicyclic amines) is 1. The maximum absolute atomic E-state index is 12.8. The molecule has 150 valence electrons. The zero-order valence-corrected chi connectivity index (χ0v) is 17.9. The first kappa shape index (κ1) is 20.0. The highest BCUT2D eigenvalue weighted by atomic mass is 35.5. The number of furan rings is 1. The molecule has 2 amide bonds. The fourth-order valence-corrected chi connectivity index (χ4v) is 5.28. The highest BCUT2D eigenvalue weighted by molar-refractivity contribution is 8.01. The number of nitrogens with zero attached hydrogens (tertiary/aromatic N) is 2. The van der Waals surface area contributed by atoms with Crippen LogP contribution in [0.2, 0.25) is 5.02 Å². The van der Waals surface area contributed by atoms with Gasteiger partial charge in [0.25, 0.3) is 5.91 Å². The Balaban J connectivity index is 1.43. The smallest absolute Gasteiger partial charge is 0.290 e. The molecular formula is C20H18ClN3O3S2. The highest BCUT2D eigenvalue weighted by Crippen LogP contribution is 2.36. The largest absolute Gasteiger partial charge is 0.459 e. The first-order valence-corrected chi connectivity index (χ1v) is 11.1. The summed E-state index contributed by atoms with van der Waals surface area (Å²) in [5, 5.41) is 5.41. The number of thiazole rings is 1. The molecule has 0 aliphatic carbocycles. The van der Waals surface area contributed by atoms with E-state index in [1.54, 1.807) is 40.5 Å². The summed E-state index contributed by atoms with van der Waals surface area (Å²) < 4.78 is 6.10. The van der Waals surface area contributed by atoms with Crippen LogP contribution < -0.4 is 5.32 Å². The van der Waals surface area contributed by atoms with Crippen LogP contribution in [0, 0.1) is 6.92 Å². The Labute approximate surface area is 181 Å². The average molecular weight is 448 g/mol. The van der Waals surface area contributed by atoms with Crippen molar-refractivity contribution in [3.8, 4) is 0 Å². The molecule has 0 spiro atoms. The molecule has 1 N–H and O–H groups in total. The van der Waals surface area contributed by atoms with E-state index in [-0.39, 0.29) is 17.6 Å². The summed E-state index contributed by atoms with van der Waals surface area (Å²) in [6.45, 7) is 2.48. The van der Waals surface area contributed by atoms with Crippen LogP contribution >= 0.6 is 34.7 Å². The first-order chi connectivity index (χ1) is 14.0. The van der Waals surface area contributed by atoms with Crippen LogP contribution in [0.1, 0.15) is 29.1 Å². The molecule has 1 fully saturated rings. The molecule has 1 aromatic carbocycles. The number of carbonyl (C=O) groups is 2. The van der Waals surface area contributed by atoms with Gasteiger partial charge in [0.1, 0.15) is 6.04 Å². The summed E-state index contributed by atoms with van der Waals surface area (Å²) in [7, 11) is 0. The maximum atomic E-state index is 12.8. The van der Waals surface area contributed by atoms with E-state index in [9.17, 15) is 9.59 Å². The summed E-state index contributed by atoms with van der Waals surface area (Å²) in [5.74, 6) is -0.253. The Hall–Kier alpha value is -2.29. The van der Waals surface area contributed by atoms with Gasteiger partial charge in [0.2, 0.25) is 5.91 Å². The van der Waals surface area contributed by atoms with Gasteiger partial charge in [0.15, 0.2) is 10.1 Å². The molecule has 1 atom stereocenters. The SMILES string of the molecule is Cc1csc(Sc2ccc(NC(=O)[C@@H]3CCCN3C(=O)c3ccco3)cc2Cl)n1. The molecule has 1 aliphatic heterocycles. The van der Waals surface area contributed by atoms with Gasteiger partial charge in [0, 0.05) is 28.2 Å². The number of hydrogen-bond donors (Lipinski definition) is 1. The van der Waals surface area contributed by atoms with Crippen molar-refractivity contribution in [3.63, 3.8) is 0 Å². The number of nitrogens with one attached hydrogen (secondary N) is 1. The van der Waals surface area contributed by atoms with Gasteiger partial charge in [-0.1, -0.05) is 23.4 Å². The summed E-state index contributed by atoms with van der Waals surface area (Å²) in [5.41, 5.74) is 1.57. The highest BCUT2D eigenvalue weighted by Gasteiger charge is 2.35. The fourth-order valence-electron chi connectivity index (χ4n) is 3.18. The third-order valence-electron chi connectivity index (χ3n) is 4.54. The maximum Gasteiger partial charge on any atom is 0.290 e. The third-order valence-corrected chi connectivity index (χ3v) is 7.10. The molecule has 0 bridgehead atoms. The number of anilines is 1. The minimum absolute atomic E-state index is 0.227. The van der Waals surface area contributed by atoms with Crippen LogP contribution in [0.5, 0.6) is 0 Å². The lowest BCUT2D eigenvalue weighted by molar-refractivity contribution is -0.119. The van der Waals surface area contributed by atoms with Crippen molar-refractivity contribution in [2.75, 3.05) is 11.9 Å². The minimum Gasteiger partial charge on any atom is -0.459 e. The van der Waals surface area contributed by atoms with Crippen molar-refractivity contribution in [3.05, 3.63) is 58.5 Å². The standard InChI is InChI=1S/C20H18ClN3O3S2/c1-12-11-28-20(22-12)29-17-7-6-13(10-14(17)21)23-18(25)15-4-2-8-24(15)19(26)16-5-3-9-27-16/h3,5-7,9-11,15H,2,4,8H2,1H3,(H,23,25)/t15-/m0/s1. The van der Waals surface area contributed by atoms with Crippen molar-refractivity contribution < 1.29 is 14.0 Å². The lowest BCUT2D eigenvalue weighted by atomic mass is 10.2. The molecule has 0 saturated carbocycles. The summed E-state index contributed by atoms with van der Waals surface area (Å²) >= 11 is 9.46. The predicted molar refractivity (Wildman–Crippen MR) is 114 cm³/mol. The van der Waals surface area contributed by atoms with Crippen LogP contribution in [-0.2, 0) is 4.79 Å². The molecule has 3 heterocycles. The first-order valence-electron chi connectivity index (χ1n) is 9.06. The minimum atomic E-state index is -0.529. The lowest BCUT2D eigenvalue weighted by Crippen LogP contribution is -2.43. The molecule has 6 nitrogen and oxygen atoms in total. The topological polar surface area (TPSA) is 75.4 Å². The Kier molecular flexibility index (Phi) is 5.94. The van der Waals surface area contributed by atoms with E-state index >= 15 is 0 Å². The number of aromatic nitrogens is 1. The van der Waals surface area contributed by atoms with Gasteiger partial charge >= 0.3 is 0 Å².